The summed E-state index contributed by atoms with van der Waals surface area (Å²) in [6, 6.07) is 15.2. The number of likely N-dealkylation sites (tertiary alicyclic amines) is 1. The lowest BCUT2D eigenvalue weighted by Gasteiger charge is -2.29. The summed E-state index contributed by atoms with van der Waals surface area (Å²) in [5.74, 6) is -0.534. The minimum absolute atomic E-state index is 0.0930. The number of amides is 3. The molecule has 2 aliphatic heterocycles. The number of nitrogens with zero attached hydrogens (tertiary/aromatic N) is 1. The molecule has 40 heavy (non-hydrogen) atoms. The summed E-state index contributed by atoms with van der Waals surface area (Å²) in [5.41, 5.74) is 6.16. The second kappa shape index (κ2) is 11.5. The zero-order chi connectivity index (χ0) is 28.4. The lowest BCUT2D eigenvalue weighted by atomic mass is 10.00. The van der Waals surface area contributed by atoms with Crippen molar-refractivity contribution in [3.05, 3.63) is 87.7 Å². The van der Waals surface area contributed by atoms with E-state index in [9.17, 15) is 14.4 Å². The first-order valence-electron chi connectivity index (χ1n) is 14.0. The van der Waals surface area contributed by atoms with Crippen LogP contribution in [-0.4, -0.2) is 53.8 Å². The molecule has 0 bridgehead atoms. The Bertz CT molecular complexity index is 1470. The third kappa shape index (κ3) is 5.58. The molecule has 0 unspecified atom stereocenters. The van der Waals surface area contributed by atoms with Gasteiger partial charge in [0.1, 0.15) is 0 Å². The quantitative estimate of drug-likeness (QED) is 0.323. The highest BCUT2D eigenvalue weighted by Gasteiger charge is 2.28. The highest BCUT2D eigenvalue weighted by molar-refractivity contribution is 6.35. The fourth-order valence-corrected chi connectivity index (χ4v) is 5.63. The molecule has 4 N–H and O–H groups in total. The Morgan fingerprint density at radius 3 is 2.50 bits per heavy atom. The van der Waals surface area contributed by atoms with E-state index in [1.165, 1.54) is 0 Å². The molecule has 1 saturated heterocycles. The van der Waals surface area contributed by atoms with E-state index in [1.807, 2.05) is 51.1 Å². The third-order valence-corrected chi connectivity index (χ3v) is 8.03. The highest BCUT2D eigenvalue weighted by Crippen LogP contribution is 2.35. The van der Waals surface area contributed by atoms with Crippen LogP contribution in [0, 0.1) is 13.8 Å². The lowest BCUT2D eigenvalue weighted by molar-refractivity contribution is -0.110. The monoisotopic (exact) mass is 539 g/mol. The van der Waals surface area contributed by atoms with E-state index in [1.54, 1.807) is 24.3 Å². The molecule has 0 radical (unpaired) electrons. The van der Waals surface area contributed by atoms with E-state index >= 15 is 0 Å². The van der Waals surface area contributed by atoms with Crippen LogP contribution in [0.3, 0.4) is 0 Å². The van der Waals surface area contributed by atoms with Crippen molar-refractivity contribution in [2.75, 3.05) is 25.5 Å². The number of aromatic amines is 1. The molecular weight excluding hydrogens is 502 g/mol. The topological polar surface area (TPSA) is 106 Å². The maximum absolute atomic E-state index is 13.2. The Hall–Kier alpha value is -4.17. The average Bonchev–Trinajstić information content (AvgIpc) is 3.42. The first-order chi connectivity index (χ1) is 19.2. The molecule has 1 atom stereocenters. The van der Waals surface area contributed by atoms with Gasteiger partial charge in [-0.05, 0) is 88.6 Å². The fraction of sp³-hybridized carbons (Fsp3) is 0.344. The van der Waals surface area contributed by atoms with Crippen molar-refractivity contribution < 1.29 is 14.4 Å². The van der Waals surface area contributed by atoms with Gasteiger partial charge in [-0.2, -0.15) is 0 Å². The van der Waals surface area contributed by atoms with Crippen molar-refractivity contribution in [2.24, 2.45) is 0 Å². The first kappa shape index (κ1) is 27.4. The summed E-state index contributed by atoms with van der Waals surface area (Å²) >= 11 is 0. The Morgan fingerprint density at radius 2 is 1.80 bits per heavy atom. The Balaban J connectivity index is 1.38. The van der Waals surface area contributed by atoms with E-state index in [0.717, 1.165) is 49.2 Å². The SMILES string of the molecule is CC[C@@H](NC(=O)c1ccc2c(c1)C(=Cc1[nH]c(C)c(C(=O)NC3CCN(C)CC3)c1C)C(=O)N2)c1ccccc1. The first-order valence-corrected chi connectivity index (χ1v) is 14.0. The Kier molecular flexibility index (Phi) is 7.89. The molecule has 2 aliphatic rings. The molecule has 0 aliphatic carbocycles. The molecule has 3 amide bonds. The predicted octanol–water partition coefficient (Wildman–Crippen LogP) is 4.83. The largest absolute Gasteiger partial charge is 0.358 e. The van der Waals surface area contributed by atoms with Crippen molar-refractivity contribution >= 4 is 35.1 Å². The molecule has 2 aromatic carbocycles. The summed E-state index contributed by atoms with van der Waals surface area (Å²) in [5, 5.41) is 9.21. The second-order valence-corrected chi connectivity index (χ2v) is 10.8. The van der Waals surface area contributed by atoms with Gasteiger partial charge in [-0.1, -0.05) is 37.3 Å². The number of rotatable bonds is 7. The highest BCUT2D eigenvalue weighted by atomic mass is 16.2. The summed E-state index contributed by atoms with van der Waals surface area (Å²) < 4.78 is 0. The zero-order valence-corrected chi connectivity index (χ0v) is 23.6. The smallest absolute Gasteiger partial charge is 0.256 e. The maximum atomic E-state index is 13.2. The number of carbonyl (C=O) groups is 3. The minimum Gasteiger partial charge on any atom is -0.358 e. The summed E-state index contributed by atoms with van der Waals surface area (Å²) in [4.78, 5) is 44.9. The summed E-state index contributed by atoms with van der Waals surface area (Å²) in [7, 11) is 2.09. The van der Waals surface area contributed by atoms with Gasteiger partial charge in [-0.3, -0.25) is 14.4 Å². The molecule has 3 heterocycles. The number of carbonyl (C=O) groups excluding carboxylic acids is 3. The number of fused-ring (bicyclic) bond motifs is 1. The van der Waals surface area contributed by atoms with Crippen molar-refractivity contribution in [2.45, 2.75) is 52.1 Å². The molecule has 8 heteroatoms. The normalized spacial score (nSPS) is 17.4. The number of benzene rings is 2. The van der Waals surface area contributed by atoms with Crippen molar-refractivity contribution in [3.63, 3.8) is 0 Å². The number of aromatic nitrogens is 1. The molecule has 0 saturated carbocycles. The van der Waals surface area contributed by atoms with Gasteiger partial charge in [0, 0.05) is 34.2 Å². The number of piperidine rings is 1. The van der Waals surface area contributed by atoms with Gasteiger partial charge in [0.15, 0.2) is 0 Å². The maximum Gasteiger partial charge on any atom is 0.256 e. The van der Waals surface area contributed by atoms with Crippen molar-refractivity contribution in [3.8, 4) is 0 Å². The van der Waals surface area contributed by atoms with Crippen LogP contribution < -0.4 is 16.0 Å². The number of hydrogen-bond donors (Lipinski definition) is 4. The Morgan fingerprint density at radius 1 is 1.07 bits per heavy atom. The Labute approximate surface area is 235 Å². The molecule has 208 valence electrons. The number of hydrogen-bond acceptors (Lipinski definition) is 4. The molecule has 8 nitrogen and oxygen atoms in total. The number of aryl methyl sites for hydroxylation is 1. The van der Waals surface area contributed by atoms with Crippen LogP contribution in [0.4, 0.5) is 5.69 Å². The fourth-order valence-electron chi connectivity index (χ4n) is 5.63. The van der Waals surface area contributed by atoms with Gasteiger partial charge >= 0.3 is 0 Å². The van der Waals surface area contributed by atoms with Crippen LogP contribution in [0.1, 0.15) is 81.0 Å². The minimum atomic E-state index is -0.243. The van der Waals surface area contributed by atoms with Gasteiger partial charge in [0.25, 0.3) is 17.7 Å². The van der Waals surface area contributed by atoms with Gasteiger partial charge in [-0.15, -0.1) is 0 Å². The molecule has 1 aromatic heterocycles. The van der Waals surface area contributed by atoms with Gasteiger partial charge in [-0.25, -0.2) is 0 Å². The number of anilines is 1. The van der Waals surface area contributed by atoms with E-state index < -0.39 is 0 Å². The van der Waals surface area contributed by atoms with Crippen molar-refractivity contribution in [1.29, 1.82) is 0 Å². The molecule has 5 rings (SSSR count). The molecule has 0 spiro atoms. The molecular formula is C32H37N5O3. The van der Waals surface area contributed by atoms with E-state index in [-0.39, 0.29) is 29.8 Å². The third-order valence-electron chi connectivity index (χ3n) is 8.03. The number of nitrogens with one attached hydrogen (secondary N) is 4. The van der Waals surface area contributed by atoms with E-state index in [0.29, 0.717) is 33.6 Å². The van der Waals surface area contributed by atoms with Crippen molar-refractivity contribution in [1.82, 2.24) is 20.5 Å². The standard InChI is InChI=1S/C32H37N5O3/c1-5-26(21-9-7-6-8-10-21)35-30(38)22-11-12-27-24(17-22)25(31(39)36-27)18-28-19(2)29(20(3)33-28)32(40)34-23-13-15-37(4)16-14-23/h6-12,17-18,23,26,33H,5,13-16H2,1-4H3,(H,34,40)(H,35,38)(H,36,39)/t26-/m1/s1. The zero-order valence-electron chi connectivity index (χ0n) is 23.6. The van der Waals surface area contributed by atoms with Crippen LogP contribution in [0.15, 0.2) is 48.5 Å². The second-order valence-electron chi connectivity index (χ2n) is 10.8. The van der Waals surface area contributed by atoms with Crippen LogP contribution in [0.2, 0.25) is 0 Å². The average molecular weight is 540 g/mol. The van der Waals surface area contributed by atoms with Crippen LogP contribution >= 0.6 is 0 Å². The van der Waals surface area contributed by atoms with Gasteiger partial charge in [0.05, 0.1) is 17.2 Å². The van der Waals surface area contributed by atoms with E-state index in [4.69, 9.17) is 0 Å². The molecule has 1 fully saturated rings. The van der Waals surface area contributed by atoms with Gasteiger partial charge in [0.2, 0.25) is 0 Å². The van der Waals surface area contributed by atoms with Gasteiger partial charge < -0.3 is 25.8 Å². The summed E-state index contributed by atoms with van der Waals surface area (Å²) in [6.07, 6.45) is 4.39. The van der Waals surface area contributed by atoms with E-state index in [2.05, 4.69) is 32.9 Å². The lowest BCUT2D eigenvalue weighted by Crippen LogP contribution is -2.43. The molecule has 3 aromatic rings. The predicted molar refractivity (Wildman–Crippen MR) is 158 cm³/mol. The van der Waals surface area contributed by atoms with Crippen LogP contribution in [0.25, 0.3) is 11.6 Å². The van der Waals surface area contributed by atoms with Crippen LogP contribution in [0.5, 0.6) is 0 Å². The summed E-state index contributed by atoms with van der Waals surface area (Å²) in [6.45, 7) is 7.74. The number of H-pyrrole nitrogens is 1. The van der Waals surface area contributed by atoms with Crippen LogP contribution in [-0.2, 0) is 4.79 Å².